The zero-order valence-electron chi connectivity index (χ0n) is 14.5. The quantitative estimate of drug-likeness (QED) is 0.514. The Bertz CT molecular complexity index is 758. The van der Waals surface area contributed by atoms with Gasteiger partial charge in [-0.1, -0.05) is 36.2 Å². The van der Waals surface area contributed by atoms with Gasteiger partial charge in [-0.15, -0.1) is 0 Å². The highest BCUT2D eigenvalue weighted by Gasteiger charge is 2.20. The lowest BCUT2D eigenvalue weighted by molar-refractivity contribution is 0.0934. The average molecular weight is 398 g/mol. The third kappa shape index (κ3) is 5.20. The molecule has 1 aromatic heterocycles. The summed E-state index contributed by atoms with van der Waals surface area (Å²) >= 11 is 12.1. The second kappa shape index (κ2) is 9.56. The van der Waals surface area contributed by atoms with Crippen LogP contribution in [0.4, 0.5) is 5.69 Å². The van der Waals surface area contributed by atoms with Crippen molar-refractivity contribution in [3.05, 3.63) is 45.7 Å². The molecule has 0 fully saturated rings. The van der Waals surface area contributed by atoms with E-state index in [-0.39, 0.29) is 38.9 Å². The standard InChI is InChI=1S/C17H21Cl2N5O2/c1-3-20-8-7-10(2)22-17(26)15-13(9-21-24-15)23-16(25)14-11(18)5-4-6-12(14)19/h4-6,9-10,20H,3,7-8H2,1-2H3,(H,21,24)(H,22,26)(H,23,25). The Morgan fingerprint density at radius 3 is 2.58 bits per heavy atom. The predicted octanol–water partition coefficient (Wildman–Crippen LogP) is 3.09. The van der Waals surface area contributed by atoms with Crippen LogP contribution in [-0.2, 0) is 0 Å². The summed E-state index contributed by atoms with van der Waals surface area (Å²) in [5.41, 5.74) is 0.557. The summed E-state index contributed by atoms with van der Waals surface area (Å²) in [6.45, 7) is 5.61. The molecule has 2 rings (SSSR count). The summed E-state index contributed by atoms with van der Waals surface area (Å²) in [6.07, 6.45) is 2.14. The van der Waals surface area contributed by atoms with Crippen molar-refractivity contribution in [1.29, 1.82) is 0 Å². The van der Waals surface area contributed by atoms with E-state index in [9.17, 15) is 9.59 Å². The second-order valence-electron chi connectivity index (χ2n) is 5.73. The fourth-order valence-electron chi connectivity index (χ4n) is 2.32. The van der Waals surface area contributed by atoms with Crippen molar-refractivity contribution < 1.29 is 9.59 Å². The van der Waals surface area contributed by atoms with Gasteiger partial charge in [-0.25, -0.2) is 0 Å². The van der Waals surface area contributed by atoms with Crippen molar-refractivity contribution in [2.24, 2.45) is 0 Å². The lowest BCUT2D eigenvalue weighted by Crippen LogP contribution is -2.35. The lowest BCUT2D eigenvalue weighted by Gasteiger charge is -2.14. The molecule has 7 nitrogen and oxygen atoms in total. The maximum Gasteiger partial charge on any atom is 0.271 e. The van der Waals surface area contributed by atoms with Gasteiger partial charge in [0.1, 0.15) is 5.69 Å². The first kappa shape index (κ1) is 20.2. The van der Waals surface area contributed by atoms with E-state index < -0.39 is 5.91 Å². The van der Waals surface area contributed by atoms with E-state index in [4.69, 9.17) is 23.2 Å². The van der Waals surface area contributed by atoms with Gasteiger partial charge in [-0.2, -0.15) is 5.10 Å². The molecule has 0 saturated heterocycles. The molecule has 2 aromatic rings. The van der Waals surface area contributed by atoms with Crippen LogP contribution in [0.5, 0.6) is 0 Å². The summed E-state index contributed by atoms with van der Waals surface area (Å²) in [4.78, 5) is 24.9. The number of H-pyrrole nitrogens is 1. The molecule has 0 spiro atoms. The van der Waals surface area contributed by atoms with Gasteiger partial charge in [-0.05, 0) is 38.6 Å². The number of benzene rings is 1. The molecule has 0 aliphatic rings. The molecule has 2 amide bonds. The van der Waals surface area contributed by atoms with Crippen LogP contribution in [0.15, 0.2) is 24.4 Å². The molecule has 9 heteroatoms. The number of anilines is 1. The van der Waals surface area contributed by atoms with Crippen LogP contribution >= 0.6 is 23.2 Å². The van der Waals surface area contributed by atoms with Crippen molar-refractivity contribution in [3.8, 4) is 0 Å². The molecule has 140 valence electrons. The maximum atomic E-state index is 12.5. The molecule has 0 bridgehead atoms. The fourth-order valence-corrected chi connectivity index (χ4v) is 2.89. The molecular formula is C17H21Cl2N5O2. The van der Waals surface area contributed by atoms with Gasteiger partial charge < -0.3 is 16.0 Å². The van der Waals surface area contributed by atoms with Crippen LogP contribution in [-0.4, -0.2) is 41.1 Å². The third-order valence-electron chi connectivity index (χ3n) is 3.69. The number of carbonyl (C=O) groups is 2. The predicted molar refractivity (Wildman–Crippen MR) is 103 cm³/mol. The Hall–Kier alpha value is -2.09. The summed E-state index contributed by atoms with van der Waals surface area (Å²) in [5, 5.41) is 15.6. The highest BCUT2D eigenvalue weighted by molar-refractivity contribution is 6.40. The van der Waals surface area contributed by atoms with Crippen LogP contribution in [0.2, 0.25) is 10.0 Å². The number of halogens is 2. The SMILES string of the molecule is CCNCCC(C)NC(=O)c1[nH]ncc1NC(=O)c1c(Cl)cccc1Cl. The summed E-state index contributed by atoms with van der Waals surface area (Å²) in [5.74, 6) is -0.872. The van der Waals surface area contributed by atoms with Gasteiger partial charge in [0.15, 0.2) is 0 Å². The van der Waals surface area contributed by atoms with E-state index in [0.717, 1.165) is 19.5 Å². The number of rotatable bonds is 8. The Morgan fingerprint density at radius 2 is 1.92 bits per heavy atom. The number of nitrogens with zero attached hydrogens (tertiary/aromatic N) is 1. The molecule has 0 saturated carbocycles. The number of aromatic amines is 1. The van der Waals surface area contributed by atoms with Crippen molar-refractivity contribution in [2.45, 2.75) is 26.3 Å². The smallest absolute Gasteiger partial charge is 0.271 e. The molecule has 0 radical (unpaired) electrons. The van der Waals surface area contributed by atoms with Gasteiger partial charge >= 0.3 is 0 Å². The molecular weight excluding hydrogens is 377 g/mol. The van der Waals surface area contributed by atoms with Crippen molar-refractivity contribution in [1.82, 2.24) is 20.8 Å². The number of nitrogens with one attached hydrogen (secondary N) is 4. The van der Waals surface area contributed by atoms with Crippen molar-refractivity contribution >= 4 is 40.7 Å². The monoisotopic (exact) mass is 397 g/mol. The van der Waals surface area contributed by atoms with Crippen molar-refractivity contribution in [2.75, 3.05) is 18.4 Å². The van der Waals surface area contributed by atoms with E-state index in [1.807, 2.05) is 13.8 Å². The molecule has 1 aromatic carbocycles. The molecule has 1 unspecified atom stereocenters. The lowest BCUT2D eigenvalue weighted by atomic mass is 10.2. The first-order valence-corrected chi connectivity index (χ1v) is 9.00. The number of hydrogen-bond donors (Lipinski definition) is 4. The zero-order chi connectivity index (χ0) is 19.1. The van der Waals surface area contributed by atoms with Gasteiger partial charge in [0.2, 0.25) is 0 Å². The Labute approximate surface area is 161 Å². The van der Waals surface area contributed by atoms with Crippen LogP contribution < -0.4 is 16.0 Å². The van der Waals surface area contributed by atoms with Gasteiger partial charge in [0.05, 0.1) is 27.5 Å². The molecule has 26 heavy (non-hydrogen) atoms. The summed E-state index contributed by atoms with van der Waals surface area (Å²) in [6, 6.07) is 4.74. The van der Waals surface area contributed by atoms with E-state index in [1.165, 1.54) is 6.20 Å². The Kier molecular flexibility index (Phi) is 7.44. The number of carbonyl (C=O) groups excluding carboxylic acids is 2. The van der Waals surface area contributed by atoms with E-state index in [1.54, 1.807) is 18.2 Å². The van der Waals surface area contributed by atoms with E-state index >= 15 is 0 Å². The van der Waals surface area contributed by atoms with Gasteiger partial charge in [-0.3, -0.25) is 14.7 Å². The highest BCUT2D eigenvalue weighted by Crippen LogP contribution is 2.25. The van der Waals surface area contributed by atoms with Crippen LogP contribution in [0.1, 0.15) is 41.1 Å². The molecule has 1 atom stereocenters. The fraction of sp³-hybridized carbons (Fsp3) is 0.353. The van der Waals surface area contributed by atoms with Crippen LogP contribution in [0, 0.1) is 0 Å². The zero-order valence-corrected chi connectivity index (χ0v) is 16.0. The Morgan fingerprint density at radius 1 is 1.23 bits per heavy atom. The first-order chi connectivity index (χ1) is 12.4. The third-order valence-corrected chi connectivity index (χ3v) is 4.32. The highest BCUT2D eigenvalue weighted by atomic mass is 35.5. The van der Waals surface area contributed by atoms with Gasteiger partial charge in [0, 0.05) is 6.04 Å². The minimum atomic E-state index is -0.517. The number of amides is 2. The minimum absolute atomic E-state index is 0.0357. The largest absolute Gasteiger partial charge is 0.348 e. The average Bonchev–Trinajstić information content (AvgIpc) is 3.03. The Balaban J connectivity index is 2.06. The van der Waals surface area contributed by atoms with E-state index in [0.29, 0.717) is 0 Å². The summed E-state index contributed by atoms with van der Waals surface area (Å²) < 4.78 is 0. The number of aromatic nitrogens is 2. The van der Waals surface area contributed by atoms with Crippen LogP contribution in [0.3, 0.4) is 0 Å². The first-order valence-electron chi connectivity index (χ1n) is 8.24. The second-order valence-corrected chi connectivity index (χ2v) is 6.54. The van der Waals surface area contributed by atoms with Crippen LogP contribution in [0.25, 0.3) is 0 Å². The van der Waals surface area contributed by atoms with E-state index in [2.05, 4.69) is 26.1 Å². The topological polar surface area (TPSA) is 98.9 Å². The minimum Gasteiger partial charge on any atom is -0.348 e. The maximum absolute atomic E-state index is 12.5. The summed E-state index contributed by atoms with van der Waals surface area (Å²) in [7, 11) is 0. The molecule has 4 N–H and O–H groups in total. The molecule has 0 aliphatic heterocycles. The van der Waals surface area contributed by atoms with Gasteiger partial charge in [0.25, 0.3) is 11.8 Å². The molecule has 1 heterocycles. The normalized spacial score (nSPS) is 11.8. The number of hydrogen-bond acceptors (Lipinski definition) is 4. The molecule has 0 aliphatic carbocycles. The van der Waals surface area contributed by atoms with Crippen molar-refractivity contribution in [3.63, 3.8) is 0 Å².